The number of carbonyl (C=O) groups is 2. The van der Waals surface area contributed by atoms with Gasteiger partial charge >= 0.3 is 0 Å². The summed E-state index contributed by atoms with van der Waals surface area (Å²) in [6.45, 7) is 0.197. The fourth-order valence-electron chi connectivity index (χ4n) is 2.45. The summed E-state index contributed by atoms with van der Waals surface area (Å²) >= 11 is 22.1. The summed E-state index contributed by atoms with van der Waals surface area (Å²) in [6, 6.07) is 12.7. The molecule has 0 aromatic heterocycles. The number of carbonyl (C=O) groups excluding carboxylic acids is 2. The van der Waals surface area contributed by atoms with Crippen molar-refractivity contribution in [1.29, 1.82) is 0 Å². The molecule has 0 radical (unpaired) electrons. The molecule has 2 aromatic rings. The van der Waals surface area contributed by atoms with Crippen molar-refractivity contribution in [2.45, 2.75) is 6.54 Å². The minimum absolute atomic E-state index is 0.150. The number of benzene rings is 2. The molecule has 2 amide bonds. The quantitative estimate of drug-likeness (QED) is 0.435. The van der Waals surface area contributed by atoms with Crippen LogP contribution in [-0.4, -0.2) is 27.6 Å². The van der Waals surface area contributed by atoms with Gasteiger partial charge in [-0.1, -0.05) is 87.4 Å². The number of thiocarbonyl (C=S) groups is 1. The van der Waals surface area contributed by atoms with Crippen LogP contribution in [0.5, 0.6) is 0 Å². The number of amides is 2. The maximum absolute atomic E-state index is 12.7. The van der Waals surface area contributed by atoms with E-state index in [-0.39, 0.29) is 18.4 Å². The lowest BCUT2D eigenvalue weighted by molar-refractivity contribution is -0.128. The predicted molar refractivity (Wildman–Crippen MR) is 122 cm³/mol. The maximum atomic E-state index is 12.7. The van der Waals surface area contributed by atoms with Gasteiger partial charge in [0.2, 0.25) is 5.91 Å². The van der Waals surface area contributed by atoms with Crippen molar-refractivity contribution in [1.82, 2.24) is 10.2 Å². The van der Waals surface area contributed by atoms with Crippen molar-refractivity contribution in [3.8, 4) is 0 Å². The van der Waals surface area contributed by atoms with Crippen LogP contribution in [0.4, 0.5) is 0 Å². The number of rotatable bonds is 5. The Morgan fingerprint density at radius 1 is 1.18 bits per heavy atom. The predicted octanol–water partition coefficient (Wildman–Crippen LogP) is 5.27. The molecule has 1 heterocycles. The number of hydrogen-bond donors (Lipinski definition) is 1. The molecule has 0 bridgehead atoms. The van der Waals surface area contributed by atoms with E-state index in [2.05, 4.69) is 21.2 Å². The third-order valence-electron chi connectivity index (χ3n) is 3.88. The SMILES string of the molecule is O=C(CN1C(=O)/C(=C/c2c(Cl)cccc2Cl)SC1=S)NCc1ccccc1Br. The van der Waals surface area contributed by atoms with Crippen LogP contribution >= 0.6 is 63.1 Å². The molecule has 3 rings (SSSR count). The standard InChI is InChI=1S/C19H13BrCl2N2O2S2/c20-13-5-2-1-4-11(13)9-23-17(25)10-24-18(26)16(28-19(24)27)8-12-14(21)6-3-7-15(12)22/h1-8H,9-10H2,(H,23,25)/b16-8-. The lowest BCUT2D eigenvalue weighted by Crippen LogP contribution is -2.39. The molecular formula is C19H13BrCl2N2O2S2. The first-order valence-corrected chi connectivity index (χ1v) is 10.8. The third kappa shape index (κ3) is 4.96. The summed E-state index contributed by atoms with van der Waals surface area (Å²) in [5.41, 5.74) is 1.49. The molecule has 0 unspecified atom stereocenters. The summed E-state index contributed by atoms with van der Waals surface area (Å²) in [4.78, 5) is 26.6. The van der Waals surface area contributed by atoms with Crippen molar-refractivity contribution < 1.29 is 9.59 Å². The zero-order valence-corrected chi connectivity index (χ0v) is 19.0. The van der Waals surface area contributed by atoms with Gasteiger partial charge in [-0.25, -0.2) is 0 Å². The van der Waals surface area contributed by atoms with E-state index >= 15 is 0 Å². The van der Waals surface area contributed by atoms with Crippen molar-refractivity contribution in [2.75, 3.05) is 6.54 Å². The number of hydrogen-bond acceptors (Lipinski definition) is 4. The third-order valence-corrected chi connectivity index (χ3v) is 6.69. The van der Waals surface area contributed by atoms with Crippen LogP contribution in [0.25, 0.3) is 6.08 Å². The fourth-order valence-corrected chi connectivity index (χ4v) is 4.62. The zero-order valence-electron chi connectivity index (χ0n) is 14.2. The molecular weight excluding hydrogens is 503 g/mol. The maximum Gasteiger partial charge on any atom is 0.266 e. The Morgan fingerprint density at radius 3 is 2.54 bits per heavy atom. The Kier molecular flexibility index (Phi) is 7.17. The van der Waals surface area contributed by atoms with E-state index in [1.54, 1.807) is 24.3 Å². The summed E-state index contributed by atoms with van der Waals surface area (Å²) < 4.78 is 1.22. The summed E-state index contributed by atoms with van der Waals surface area (Å²) in [5, 5.41) is 3.67. The second-order valence-corrected chi connectivity index (χ2v) is 9.12. The molecule has 0 atom stereocenters. The van der Waals surface area contributed by atoms with E-state index in [0.717, 1.165) is 21.8 Å². The van der Waals surface area contributed by atoms with Crippen LogP contribution in [0.15, 0.2) is 51.8 Å². The Hall–Kier alpha value is -1.38. The second-order valence-electron chi connectivity index (χ2n) is 5.77. The summed E-state index contributed by atoms with van der Waals surface area (Å²) in [6.07, 6.45) is 1.60. The van der Waals surface area contributed by atoms with Crippen molar-refractivity contribution in [3.63, 3.8) is 0 Å². The molecule has 0 spiro atoms. The Morgan fingerprint density at radius 2 is 1.86 bits per heavy atom. The van der Waals surface area contributed by atoms with Crippen LogP contribution in [-0.2, 0) is 16.1 Å². The monoisotopic (exact) mass is 514 g/mol. The van der Waals surface area contributed by atoms with Gasteiger partial charge in [0.1, 0.15) is 10.9 Å². The molecule has 2 aromatic carbocycles. The van der Waals surface area contributed by atoms with Crippen molar-refractivity contribution >= 4 is 85.3 Å². The summed E-state index contributed by atoms with van der Waals surface area (Å²) in [7, 11) is 0. The molecule has 1 fully saturated rings. The van der Waals surface area contributed by atoms with E-state index in [1.165, 1.54) is 4.90 Å². The van der Waals surface area contributed by atoms with Gasteiger partial charge in [0, 0.05) is 26.6 Å². The Bertz CT molecular complexity index is 977. The molecule has 1 aliphatic heterocycles. The van der Waals surface area contributed by atoms with Crippen LogP contribution in [0.3, 0.4) is 0 Å². The van der Waals surface area contributed by atoms with Crippen molar-refractivity contribution in [3.05, 3.63) is 73.0 Å². The van der Waals surface area contributed by atoms with E-state index in [1.807, 2.05) is 24.3 Å². The Balaban J connectivity index is 1.68. The van der Waals surface area contributed by atoms with E-state index in [4.69, 9.17) is 35.4 Å². The number of thioether (sulfide) groups is 1. The average Bonchev–Trinajstić information content (AvgIpc) is 2.91. The van der Waals surface area contributed by atoms with Crippen LogP contribution < -0.4 is 5.32 Å². The smallest absolute Gasteiger partial charge is 0.266 e. The highest BCUT2D eigenvalue weighted by molar-refractivity contribution is 9.10. The number of nitrogens with zero attached hydrogens (tertiary/aromatic N) is 1. The highest BCUT2D eigenvalue weighted by Gasteiger charge is 2.33. The molecule has 1 aliphatic rings. The first kappa shape index (κ1) is 21.3. The van der Waals surface area contributed by atoms with Gasteiger partial charge in [-0.3, -0.25) is 14.5 Å². The van der Waals surface area contributed by atoms with Gasteiger partial charge in [0.15, 0.2) is 0 Å². The highest BCUT2D eigenvalue weighted by Crippen LogP contribution is 2.35. The van der Waals surface area contributed by atoms with Crippen LogP contribution in [0.1, 0.15) is 11.1 Å². The van der Waals surface area contributed by atoms with Gasteiger partial charge < -0.3 is 5.32 Å². The van der Waals surface area contributed by atoms with Gasteiger partial charge in [-0.05, 0) is 29.8 Å². The average molecular weight is 516 g/mol. The molecule has 4 nitrogen and oxygen atoms in total. The fraction of sp³-hybridized carbons (Fsp3) is 0.105. The van der Waals surface area contributed by atoms with E-state index in [0.29, 0.717) is 31.4 Å². The van der Waals surface area contributed by atoms with Gasteiger partial charge in [-0.2, -0.15) is 0 Å². The van der Waals surface area contributed by atoms with E-state index in [9.17, 15) is 9.59 Å². The molecule has 1 N–H and O–H groups in total. The minimum Gasteiger partial charge on any atom is -0.350 e. The Labute approximate surface area is 190 Å². The largest absolute Gasteiger partial charge is 0.350 e. The molecule has 28 heavy (non-hydrogen) atoms. The van der Waals surface area contributed by atoms with Crippen LogP contribution in [0.2, 0.25) is 10.0 Å². The number of halogens is 3. The van der Waals surface area contributed by atoms with Gasteiger partial charge in [0.05, 0.1) is 4.91 Å². The van der Waals surface area contributed by atoms with Gasteiger partial charge in [-0.15, -0.1) is 0 Å². The highest BCUT2D eigenvalue weighted by atomic mass is 79.9. The lowest BCUT2D eigenvalue weighted by atomic mass is 10.2. The zero-order chi connectivity index (χ0) is 20.3. The molecule has 144 valence electrons. The molecule has 9 heteroatoms. The summed E-state index contributed by atoms with van der Waals surface area (Å²) in [5.74, 6) is -0.647. The van der Waals surface area contributed by atoms with Crippen molar-refractivity contribution in [2.24, 2.45) is 0 Å². The van der Waals surface area contributed by atoms with Crippen LogP contribution in [0, 0.1) is 0 Å². The second kappa shape index (κ2) is 9.41. The molecule has 0 aliphatic carbocycles. The number of nitrogens with one attached hydrogen (secondary N) is 1. The van der Waals surface area contributed by atoms with Gasteiger partial charge in [0.25, 0.3) is 5.91 Å². The van der Waals surface area contributed by atoms with E-state index < -0.39 is 0 Å². The lowest BCUT2D eigenvalue weighted by Gasteiger charge is -2.14. The molecule has 0 saturated carbocycles. The molecule has 1 saturated heterocycles. The first-order valence-electron chi connectivity index (χ1n) is 8.06. The first-order chi connectivity index (χ1) is 13.4. The minimum atomic E-state index is -0.345. The normalized spacial score (nSPS) is 15.4. The topological polar surface area (TPSA) is 49.4 Å².